The van der Waals surface area contributed by atoms with Crippen LogP contribution in [0.5, 0.6) is 0 Å². The topological polar surface area (TPSA) is 3.24 Å². The summed E-state index contributed by atoms with van der Waals surface area (Å²) in [5.74, 6) is 2.40. The Balaban J connectivity index is 1.53. The maximum atomic E-state index is 5.92. The van der Waals surface area contributed by atoms with E-state index in [9.17, 15) is 0 Å². The molecule has 3 rings (SSSR count). The van der Waals surface area contributed by atoms with E-state index in [1.165, 1.54) is 38.9 Å². The van der Waals surface area contributed by atoms with Gasteiger partial charge < -0.3 is 4.90 Å². The van der Waals surface area contributed by atoms with Crippen molar-refractivity contribution < 1.29 is 0 Å². The van der Waals surface area contributed by atoms with Gasteiger partial charge in [-0.2, -0.15) is 0 Å². The molecule has 17 heavy (non-hydrogen) atoms. The second-order valence-corrected chi connectivity index (χ2v) is 5.81. The van der Waals surface area contributed by atoms with Gasteiger partial charge in [0.1, 0.15) is 0 Å². The fourth-order valence-corrected chi connectivity index (χ4v) is 3.47. The Bertz CT molecular complexity index is 382. The minimum Gasteiger partial charge on any atom is -0.303 e. The van der Waals surface area contributed by atoms with Crippen LogP contribution < -0.4 is 0 Å². The van der Waals surface area contributed by atoms with Crippen LogP contribution in [0, 0.1) is 5.92 Å². The molecule has 1 aliphatic heterocycles. The number of piperidine rings is 1. The van der Waals surface area contributed by atoms with Gasteiger partial charge in [-0.15, -0.1) is 11.6 Å². The lowest BCUT2D eigenvalue weighted by Crippen LogP contribution is -2.39. The zero-order valence-corrected chi connectivity index (χ0v) is 11.0. The fraction of sp³-hybridized carbons (Fsp3) is 0.600. The van der Waals surface area contributed by atoms with Crippen LogP contribution in [0.3, 0.4) is 0 Å². The summed E-state index contributed by atoms with van der Waals surface area (Å²) in [4.78, 5) is 2.63. The van der Waals surface area contributed by atoms with Crippen LogP contribution in [-0.2, 0) is 6.42 Å². The lowest BCUT2D eigenvalue weighted by atomic mass is 9.77. The van der Waals surface area contributed by atoms with Crippen LogP contribution in [0.15, 0.2) is 24.3 Å². The number of rotatable bonds is 3. The van der Waals surface area contributed by atoms with Crippen molar-refractivity contribution in [3.05, 3.63) is 35.4 Å². The van der Waals surface area contributed by atoms with Crippen LogP contribution in [0.1, 0.15) is 29.9 Å². The van der Waals surface area contributed by atoms with Crippen LogP contribution in [0.25, 0.3) is 0 Å². The predicted octanol–water partition coefficient (Wildman–Crippen LogP) is 3.28. The van der Waals surface area contributed by atoms with E-state index in [0.717, 1.165) is 17.7 Å². The monoisotopic (exact) mass is 249 g/mol. The molecule has 0 N–H and O–H groups in total. The minimum absolute atomic E-state index is 0.765. The smallest absolute Gasteiger partial charge is 0.0252 e. The number of hydrogen-bond donors (Lipinski definition) is 0. The van der Waals surface area contributed by atoms with Gasteiger partial charge in [-0.3, -0.25) is 0 Å². The van der Waals surface area contributed by atoms with Gasteiger partial charge in [0.05, 0.1) is 0 Å². The van der Waals surface area contributed by atoms with Crippen LogP contribution in [-0.4, -0.2) is 30.4 Å². The standard InChI is InChI=1S/C15H20ClN/c16-10-12-5-7-17(8-6-12)11-14-9-13-3-1-2-4-15(13)14/h1-4,12,14H,5-11H2. The Hall–Kier alpha value is -0.530. The third kappa shape index (κ3) is 2.36. The molecule has 0 aromatic heterocycles. The summed E-state index contributed by atoms with van der Waals surface area (Å²) in [6.45, 7) is 3.75. The highest BCUT2D eigenvalue weighted by molar-refractivity contribution is 6.18. The van der Waals surface area contributed by atoms with E-state index in [1.54, 1.807) is 11.1 Å². The lowest BCUT2D eigenvalue weighted by molar-refractivity contribution is 0.179. The van der Waals surface area contributed by atoms with Crippen molar-refractivity contribution in [3.63, 3.8) is 0 Å². The number of alkyl halides is 1. The summed E-state index contributed by atoms with van der Waals surface area (Å²) in [6, 6.07) is 8.90. The van der Waals surface area contributed by atoms with E-state index in [2.05, 4.69) is 29.2 Å². The first-order chi connectivity index (χ1) is 8.36. The molecule has 0 bridgehead atoms. The van der Waals surface area contributed by atoms with Gasteiger partial charge in [0.25, 0.3) is 0 Å². The Morgan fingerprint density at radius 2 is 1.94 bits per heavy atom. The molecule has 2 heteroatoms. The highest BCUT2D eigenvalue weighted by Crippen LogP contribution is 2.35. The van der Waals surface area contributed by atoms with Crippen molar-refractivity contribution >= 4 is 11.6 Å². The minimum atomic E-state index is 0.765. The maximum absolute atomic E-state index is 5.92. The number of hydrogen-bond acceptors (Lipinski definition) is 1. The Kier molecular flexibility index (Phi) is 3.39. The van der Waals surface area contributed by atoms with Crippen molar-refractivity contribution in [2.75, 3.05) is 25.5 Å². The van der Waals surface area contributed by atoms with E-state index in [1.807, 2.05) is 0 Å². The van der Waals surface area contributed by atoms with E-state index < -0.39 is 0 Å². The average Bonchev–Trinajstić information content (AvgIpc) is 2.37. The Morgan fingerprint density at radius 3 is 2.65 bits per heavy atom. The lowest BCUT2D eigenvalue weighted by Gasteiger charge is -2.38. The first-order valence-electron chi connectivity index (χ1n) is 6.73. The van der Waals surface area contributed by atoms with E-state index in [-0.39, 0.29) is 0 Å². The number of halogens is 1. The second-order valence-electron chi connectivity index (χ2n) is 5.50. The quantitative estimate of drug-likeness (QED) is 0.744. The molecule has 92 valence electrons. The van der Waals surface area contributed by atoms with Crippen molar-refractivity contribution in [2.45, 2.75) is 25.2 Å². The number of fused-ring (bicyclic) bond motifs is 1. The number of nitrogens with zero attached hydrogens (tertiary/aromatic N) is 1. The molecule has 1 fully saturated rings. The van der Waals surface area contributed by atoms with E-state index in [0.29, 0.717) is 0 Å². The van der Waals surface area contributed by atoms with E-state index in [4.69, 9.17) is 11.6 Å². The first kappa shape index (κ1) is 11.6. The molecule has 1 heterocycles. The predicted molar refractivity (Wildman–Crippen MR) is 72.8 cm³/mol. The summed E-state index contributed by atoms with van der Waals surface area (Å²) in [5.41, 5.74) is 3.15. The largest absolute Gasteiger partial charge is 0.303 e. The average molecular weight is 250 g/mol. The zero-order valence-electron chi connectivity index (χ0n) is 10.2. The molecule has 2 aliphatic rings. The number of likely N-dealkylation sites (tertiary alicyclic amines) is 1. The summed E-state index contributed by atoms with van der Waals surface area (Å²) >= 11 is 5.92. The Labute approximate surface area is 109 Å². The molecule has 1 unspecified atom stereocenters. The van der Waals surface area contributed by atoms with Crippen molar-refractivity contribution in [2.24, 2.45) is 5.92 Å². The summed E-state index contributed by atoms with van der Waals surface area (Å²) < 4.78 is 0. The normalized spacial score (nSPS) is 25.4. The second kappa shape index (κ2) is 4.99. The molecule has 1 aromatic rings. The van der Waals surface area contributed by atoms with Crippen molar-refractivity contribution in [1.29, 1.82) is 0 Å². The van der Waals surface area contributed by atoms with Gasteiger partial charge >= 0.3 is 0 Å². The third-order valence-corrected chi connectivity index (χ3v) is 4.80. The highest BCUT2D eigenvalue weighted by Gasteiger charge is 2.28. The zero-order chi connectivity index (χ0) is 11.7. The molecule has 1 aliphatic carbocycles. The van der Waals surface area contributed by atoms with E-state index >= 15 is 0 Å². The molecular formula is C15H20ClN. The molecule has 0 amide bonds. The molecule has 1 atom stereocenters. The molecule has 0 spiro atoms. The first-order valence-corrected chi connectivity index (χ1v) is 7.26. The summed E-state index contributed by atoms with van der Waals surface area (Å²) in [5, 5.41) is 0. The number of benzene rings is 1. The Morgan fingerprint density at radius 1 is 1.18 bits per heavy atom. The van der Waals surface area contributed by atoms with Gasteiger partial charge in [-0.1, -0.05) is 24.3 Å². The SMILES string of the molecule is ClCC1CCN(CC2Cc3ccccc32)CC1. The van der Waals surface area contributed by atoms with Gasteiger partial charge in [-0.25, -0.2) is 0 Å². The van der Waals surface area contributed by atoms with Gasteiger partial charge in [0.15, 0.2) is 0 Å². The molecule has 0 saturated carbocycles. The molecule has 1 nitrogen and oxygen atoms in total. The van der Waals surface area contributed by atoms with Gasteiger partial charge in [-0.05, 0) is 49.4 Å². The van der Waals surface area contributed by atoms with Crippen LogP contribution in [0.4, 0.5) is 0 Å². The molecule has 0 radical (unpaired) electrons. The summed E-state index contributed by atoms with van der Waals surface area (Å²) in [7, 11) is 0. The van der Waals surface area contributed by atoms with Gasteiger partial charge in [0, 0.05) is 18.3 Å². The van der Waals surface area contributed by atoms with Crippen LogP contribution >= 0.6 is 11.6 Å². The highest BCUT2D eigenvalue weighted by atomic mass is 35.5. The third-order valence-electron chi connectivity index (χ3n) is 4.37. The van der Waals surface area contributed by atoms with Crippen molar-refractivity contribution in [3.8, 4) is 0 Å². The molecule has 1 aromatic carbocycles. The fourth-order valence-electron chi connectivity index (χ4n) is 3.16. The molecule has 1 saturated heterocycles. The van der Waals surface area contributed by atoms with Crippen LogP contribution in [0.2, 0.25) is 0 Å². The van der Waals surface area contributed by atoms with Gasteiger partial charge in [0.2, 0.25) is 0 Å². The maximum Gasteiger partial charge on any atom is 0.0252 e. The van der Waals surface area contributed by atoms with Crippen molar-refractivity contribution in [1.82, 2.24) is 4.90 Å². The summed E-state index contributed by atoms with van der Waals surface area (Å²) in [6.07, 6.45) is 3.86. The molecular weight excluding hydrogens is 230 g/mol.